The quantitative estimate of drug-likeness (QED) is 0.373. The number of hydrogen-bond acceptors (Lipinski definition) is 2. The Bertz CT molecular complexity index is 830. The van der Waals surface area contributed by atoms with Gasteiger partial charge in [-0.2, -0.15) is 18.4 Å². The number of halogens is 8. The van der Waals surface area contributed by atoms with Crippen LogP contribution in [-0.4, -0.2) is 4.98 Å². The van der Waals surface area contributed by atoms with Crippen molar-refractivity contribution in [2.24, 2.45) is 0 Å². The molecule has 0 aliphatic rings. The van der Waals surface area contributed by atoms with Gasteiger partial charge in [-0.15, -0.1) is 0 Å². The second-order valence-corrected chi connectivity index (χ2v) is 6.37. The molecule has 126 valence electrons. The van der Waals surface area contributed by atoms with Crippen molar-refractivity contribution < 1.29 is 13.2 Å². The summed E-state index contributed by atoms with van der Waals surface area (Å²) in [6.45, 7) is 0. The van der Waals surface area contributed by atoms with Crippen LogP contribution < -0.4 is 0 Å². The van der Waals surface area contributed by atoms with Crippen molar-refractivity contribution in [1.82, 2.24) is 4.98 Å². The van der Waals surface area contributed by atoms with Gasteiger partial charge in [-0.05, 0) is 11.6 Å². The van der Waals surface area contributed by atoms with E-state index in [0.717, 1.165) is 12.1 Å². The van der Waals surface area contributed by atoms with Crippen LogP contribution in [0, 0.1) is 11.3 Å². The molecule has 0 bridgehead atoms. The molecule has 2 rings (SSSR count). The zero-order valence-corrected chi connectivity index (χ0v) is 15.1. The lowest BCUT2D eigenvalue weighted by atomic mass is 10.0. The molecular formula is C14H4Cl5F3N2. The topological polar surface area (TPSA) is 36.7 Å². The molecule has 0 unspecified atom stereocenters. The molecule has 0 fully saturated rings. The van der Waals surface area contributed by atoms with E-state index in [1.54, 1.807) is 0 Å². The molecule has 1 heterocycles. The summed E-state index contributed by atoms with van der Waals surface area (Å²) in [4.78, 5) is 3.56. The third kappa shape index (κ3) is 3.54. The Labute approximate surface area is 159 Å². The second kappa shape index (κ2) is 7.15. The number of pyridine rings is 1. The average Bonchev–Trinajstić information content (AvgIpc) is 2.52. The summed E-state index contributed by atoms with van der Waals surface area (Å²) in [6.07, 6.45) is -4.91. The van der Waals surface area contributed by atoms with Gasteiger partial charge in [0.25, 0.3) is 0 Å². The average molecular weight is 434 g/mol. The van der Waals surface area contributed by atoms with Crippen LogP contribution in [0.2, 0.25) is 25.1 Å². The number of rotatable bonds is 2. The Morgan fingerprint density at radius 1 is 0.917 bits per heavy atom. The third-order valence-corrected chi connectivity index (χ3v) is 5.26. The predicted octanol–water partition coefficient (Wildman–Crippen LogP) is 7.10. The van der Waals surface area contributed by atoms with Gasteiger partial charge in [0.2, 0.25) is 0 Å². The van der Waals surface area contributed by atoms with Crippen LogP contribution in [-0.2, 0) is 12.6 Å². The molecule has 1 aromatic heterocycles. The van der Waals surface area contributed by atoms with Gasteiger partial charge in [0, 0.05) is 5.56 Å². The van der Waals surface area contributed by atoms with Gasteiger partial charge >= 0.3 is 6.18 Å². The monoisotopic (exact) mass is 432 g/mol. The van der Waals surface area contributed by atoms with E-state index in [9.17, 15) is 13.2 Å². The normalized spacial score (nSPS) is 11.5. The molecule has 2 aromatic rings. The minimum Gasteiger partial charge on any atom is -0.243 e. The van der Waals surface area contributed by atoms with Crippen molar-refractivity contribution in [1.29, 1.82) is 5.26 Å². The molecule has 0 radical (unpaired) electrons. The van der Waals surface area contributed by atoms with Gasteiger partial charge in [-0.3, -0.25) is 0 Å². The van der Waals surface area contributed by atoms with Crippen molar-refractivity contribution >= 4 is 58.0 Å². The lowest BCUT2D eigenvalue weighted by Crippen LogP contribution is -2.10. The second-order valence-electron chi connectivity index (χ2n) is 4.48. The van der Waals surface area contributed by atoms with Crippen LogP contribution in [0.1, 0.15) is 11.3 Å². The molecule has 0 saturated heterocycles. The Kier molecular flexibility index (Phi) is 5.79. The van der Waals surface area contributed by atoms with E-state index >= 15 is 0 Å². The Morgan fingerprint density at radius 2 is 1.42 bits per heavy atom. The maximum atomic E-state index is 13.0. The van der Waals surface area contributed by atoms with Crippen molar-refractivity contribution in [3.63, 3.8) is 0 Å². The first-order valence-corrected chi connectivity index (χ1v) is 7.94. The van der Waals surface area contributed by atoms with Crippen molar-refractivity contribution in [2.75, 3.05) is 0 Å². The van der Waals surface area contributed by atoms with Gasteiger partial charge in [0.05, 0.1) is 43.3 Å². The summed E-state index contributed by atoms with van der Waals surface area (Å²) >= 11 is 29.9. The molecule has 10 heteroatoms. The third-order valence-electron chi connectivity index (χ3n) is 2.99. The molecule has 0 aliphatic carbocycles. The van der Waals surface area contributed by atoms with E-state index < -0.39 is 11.9 Å². The van der Waals surface area contributed by atoms with E-state index in [0.29, 0.717) is 0 Å². The SMILES string of the molecule is N#CCc1ccc(C(F)(F)F)nc1-c1c(Cl)c(Cl)c(Cl)c(Cl)c1Cl. The highest BCUT2D eigenvalue weighted by molar-refractivity contribution is 6.56. The van der Waals surface area contributed by atoms with Crippen LogP contribution in [0.3, 0.4) is 0 Å². The number of hydrogen-bond donors (Lipinski definition) is 0. The van der Waals surface area contributed by atoms with Crippen molar-refractivity contribution in [3.8, 4) is 17.3 Å². The molecule has 0 aliphatic heterocycles. The smallest absolute Gasteiger partial charge is 0.243 e. The summed E-state index contributed by atoms with van der Waals surface area (Å²) in [7, 11) is 0. The fraction of sp³-hybridized carbons (Fsp3) is 0.143. The fourth-order valence-electron chi connectivity index (χ4n) is 1.90. The van der Waals surface area contributed by atoms with E-state index in [2.05, 4.69) is 4.98 Å². The van der Waals surface area contributed by atoms with Crippen LogP contribution in [0.4, 0.5) is 13.2 Å². The number of nitrogens with zero attached hydrogens (tertiary/aromatic N) is 2. The summed E-state index contributed by atoms with van der Waals surface area (Å²) in [5.41, 5.74) is -1.34. The number of benzene rings is 1. The molecule has 2 nitrogen and oxygen atoms in total. The maximum absolute atomic E-state index is 13.0. The molecule has 24 heavy (non-hydrogen) atoms. The zero-order valence-electron chi connectivity index (χ0n) is 11.3. The summed E-state index contributed by atoms with van der Waals surface area (Å²) < 4.78 is 38.9. The van der Waals surface area contributed by atoms with Crippen LogP contribution in [0.5, 0.6) is 0 Å². The van der Waals surface area contributed by atoms with E-state index in [4.69, 9.17) is 63.3 Å². The Balaban J connectivity index is 2.88. The fourth-order valence-corrected chi connectivity index (χ4v) is 3.22. The first-order valence-electron chi connectivity index (χ1n) is 6.05. The predicted molar refractivity (Wildman–Crippen MR) is 89.0 cm³/mol. The van der Waals surface area contributed by atoms with Crippen molar-refractivity contribution in [2.45, 2.75) is 12.6 Å². The van der Waals surface area contributed by atoms with Gasteiger partial charge in [0.1, 0.15) is 5.69 Å². The van der Waals surface area contributed by atoms with Gasteiger partial charge in [-0.1, -0.05) is 64.1 Å². The minimum atomic E-state index is -4.70. The molecule has 0 saturated carbocycles. The van der Waals surface area contributed by atoms with E-state index in [1.165, 1.54) is 0 Å². The molecule has 1 aromatic carbocycles. The lowest BCUT2D eigenvalue weighted by Gasteiger charge is -2.16. The summed E-state index contributed by atoms with van der Waals surface area (Å²) in [5, 5.41) is 7.97. The van der Waals surface area contributed by atoms with Gasteiger partial charge in [-0.25, -0.2) is 4.98 Å². The number of nitriles is 1. The standard InChI is InChI=1S/C14H4Cl5F3N2/c15-8-7(9(16)11(18)12(19)10(8)17)13-5(3-4-23)1-2-6(24-13)14(20,21)22/h1-2H,3H2. The maximum Gasteiger partial charge on any atom is 0.433 e. The molecule has 0 atom stereocenters. The zero-order chi connectivity index (χ0) is 18.2. The minimum absolute atomic E-state index is 0.117. The molecule has 0 N–H and O–H groups in total. The first kappa shape index (κ1) is 19.4. The Hall–Kier alpha value is -0.900. The number of alkyl halides is 3. The molecule has 0 amide bonds. The highest BCUT2D eigenvalue weighted by Crippen LogP contribution is 2.48. The van der Waals surface area contributed by atoms with Gasteiger partial charge < -0.3 is 0 Å². The van der Waals surface area contributed by atoms with Crippen LogP contribution in [0.25, 0.3) is 11.3 Å². The first-order chi connectivity index (χ1) is 11.1. The molecule has 0 spiro atoms. The van der Waals surface area contributed by atoms with E-state index in [-0.39, 0.29) is 48.4 Å². The van der Waals surface area contributed by atoms with E-state index in [1.807, 2.05) is 6.07 Å². The largest absolute Gasteiger partial charge is 0.433 e. The summed E-state index contributed by atoms with van der Waals surface area (Å²) in [6, 6.07) is 3.72. The van der Waals surface area contributed by atoms with Crippen LogP contribution in [0.15, 0.2) is 12.1 Å². The molecular weight excluding hydrogens is 430 g/mol. The Morgan fingerprint density at radius 3 is 1.88 bits per heavy atom. The highest BCUT2D eigenvalue weighted by Gasteiger charge is 2.34. The van der Waals surface area contributed by atoms with Crippen molar-refractivity contribution in [3.05, 3.63) is 48.5 Å². The lowest BCUT2D eigenvalue weighted by molar-refractivity contribution is -0.141. The van der Waals surface area contributed by atoms with Gasteiger partial charge in [0.15, 0.2) is 0 Å². The summed E-state index contributed by atoms with van der Waals surface area (Å²) in [5.74, 6) is 0. The highest BCUT2D eigenvalue weighted by atomic mass is 35.5. The van der Waals surface area contributed by atoms with Crippen LogP contribution >= 0.6 is 58.0 Å². The number of aromatic nitrogens is 1.